The van der Waals surface area contributed by atoms with Crippen molar-refractivity contribution in [2.45, 2.75) is 30.6 Å². The molecule has 0 aromatic heterocycles. The molecule has 0 amide bonds. The minimum absolute atomic E-state index is 0.0321. The topological polar surface area (TPSA) is 101 Å². The van der Waals surface area contributed by atoms with Crippen LogP contribution in [0.4, 0.5) is 11.4 Å². The summed E-state index contributed by atoms with van der Waals surface area (Å²) >= 11 is 0. The van der Waals surface area contributed by atoms with E-state index in [1.54, 1.807) is 43.3 Å². The molecule has 8 nitrogen and oxygen atoms in total. The van der Waals surface area contributed by atoms with Gasteiger partial charge in [0.1, 0.15) is 0 Å². The van der Waals surface area contributed by atoms with Gasteiger partial charge in [-0.3, -0.25) is 4.31 Å². The van der Waals surface area contributed by atoms with E-state index in [0.717, 1.165) is 19.7 Å². The summed E-state index contributed by atoms with van der Waals surface area (Å²) in [6.07, 6.45) is 1.37. The molecular formula is C28H28N2O6S2. The van der Waals surface area contributed by atoms with Gasteiger partial charge in [0.25, 0.3) is 20.0 Å². The molecule has 0 fully saturated rings. The van der Waals surface area contributed by atoms with Crippen molar-refractivity contribution in [3.8, 4) is 0 Å². The number of fused-ring (bicyclic) bond motifs is 1. The van der Waals surface area contributed by atoms with Gasteiger partial charge in [-0.05, 0) is 63.2 Å². The summed E-state index contributed by atoms with van der Waals surface area (Å²) in [7, 11) is -8.44. The van der Waals surface area contributed by atoms with Gasteiger partial charge in [0.05, 0.1) is 45.6 Å². The lowest BCUT2D eigenvalue weighted by atomic mass is 10.2. The van der Waals surface area contributed by atoms with E-state index in [1.165, 1.54) is 42.5 Å². The van der Waals surface area contributed by atoms with Crippen LogP contribution in [0, 0.1) is 13.8 Å². The number of nitrogens with zero attached hydrogens (tertiary/aromatic N) is 2. The maximum Gasteiger partial charge on any atom is 0.339 e. The number of sulfonamides is 2. The highest BCUT2D eigenvalue weighted by atomic mass is 32.2. The minimum atomic E-state index is -4.32. The van der Waals surface area contributed by atoms with Gasteiger partial charge in [0.2, 0.25) is 0 Å². The highest BCUT2D eigenvalue weighted by Gasteiger charge is 2.38. The Morgan fingerprint density at radius 1 is 0.816 bits per heavy atom. The van der Waals surface area contributed by atoms with E-state index in [9.17, 15) is 21.6 Å². The maximum atomic E-state index is 14.1. The van der Waals surface area contributed by atoms with Crippen molar-refractivity contribution in [2.24, 2.45) is 0 Å². The van der Waals surface area contributed by atoms with Gasteiger partial charge in [-0.15, -0.1) is 0 Å². The molecule has 1 aliphatic heterocycles. The third-order valence-electron chi connectivity index (χ3n) is 6.04. The summed E-state index contributed by atoms with van der Waals surface area (Å²) in [5, 5.41) is 0. The van der Waals surface area contributed by atoms with Gasteiger partial charge in [-0.2, -0.15) is 0 Å². The lowest BCUT2D eigenvalue weighted by molar-refractivity contribution is -0.138. The maximum absolute atomic E-state index is 14.1. The number of carbonyl (C=O) groups excluding carboxylic acids is 1. The molecule has 38 heavy (non-hydrogen) atoms. The average molecular weight is 553 g/mol. The molecule has 1 heterocycles. The Bertz CT molecular complexity index is 1630. The zero-order chi connectivity index (χ0) is 27.7. The molecular weight excluding hydrogens is 524 g/mol. The first-order valence-corrected chi connectivity index (χ1v) is 14.7. The monoisotopic (exact) mass is 552 g/mol. The molecule has 1 aliphatic rings. The van der Waals surface area contributed by atoms with Crippen LogP contribution in [-0.4, -0.2) is 36.0 Å². The highest BCUT2D eigenvalue weighted by molar-refractivity contribution is 7.93. The van der Waals surface area contributed by atoms with E-state index >= 15 is 0 Å². The van der Waals surface area contributed by atoms with E-state index in [-0.39, 0.29) is 45.6 Å². The normalized spacial score (nSPS) is 13.8. The van der Waals surface area contributed by atoms with Gasteiger partial charge in [0, 0.05) is 0 Å². The largest absolute Gasteiger partial charge is 0.462 e. The number of anilines is 2. The second kappa shape index (κ2) is 10.5. The number of esters is 1. The fraction of sp³-hybridized carbons (Fsp3) is 0.179. The summed E-state index contributed by atoms with van der Waals surface area (Å²) in [5.41, 5.74) is 1.64. The summed E-state index contributed by atoms with van der Waals surface area (Å²) in [4.78, 5) is 12.8. The average Bonchev–Trinajstić information content (AvgIpc) is 3.07. The van der Waals surface area contributed by atoms with Crippen LogP contribution >= 0.6 is 0 Å². The molecule has 0 bridgehead atoms. The Balaban J connectivity index is 1.97. The van der Waals surface area contributed by atoms with Crippen molar-refractivity contribution in [3.63, 3.8) is 0 Å². The molecule has 3 aromatic carbocycles. The quantitative estimate of drug-likeness (QED) is 0.311. The SMILES string of the molecule is C=C(C(=O)OCC)C1=CCN(S(=O)(=O)c2ccc(C)cc2)c2ccccc2N1S(=O)(=O)c1ccc(C)cc1. The smallest absolute Gasteiger partial charge is 0.339 e. The minimum Gasteiger partial charge on any atom is -0.462 e. The van der Waals surface area contributed by atoms with Crippen molar-refractivity contribution in [2.75, 3.05) is 21.8 Å². The van der Waals surface area contributed by atoms with Gasteiger partial charge >= 0.3 is 5.97 Å². The van der Waals surface area contributed by atoms with Crippen molar-refractivity contribution in [3.05, 3.63) is 108 Å². The molecule has 4 rings (SSSR count). The van der Waals surface area contributed by atoms with Crippen molar-refractivity contribution >= 4 is 37.4 Å². The molecule has 0 atom stereocenters. The lowest BCUT2D eigenvalue weighted by Gasteiger charge is -2.29. The van der Waals surface area contributed by atoms with Gasteiger partial charge in [-0.25, -0.2) is 25.9 Å². The Kier molecular flexibility index (Phi) is 7.48. The number of rotatable bonds is 7. The second-order valence-electron chi connectivity index (χ2n) is 8.71. The van der Waals surface area contributed by atoms with Crippen LogP contribution in [0.5, 0.6) is 0 Å². The summed E-state index contributed by atoms with van der Waals surface area (Å²) in [6, 6.07) is 18.9. The molecule has 0 saturated heterocycles. The van der Waals surface area contributed by atoms with Gasteiger partial charge < -0.3 is 4.74 Å². The van der Waals surface area contributed by atoms with E-state index < -0.39 is 26.0 Å². The number of ether oxygens (including phenoxy) is 1. The van der Waals surface area contributed by atoms with Crippen molar-refractivity contribution < 1.29 is 26.4 Å². The zero-order valence-corrected chi connectivity index (χ0v) is 22.9. The number of carbonyl (C=O) groups is 1. The molecule has 0 saturated carbocycles. The predicted octanol–water partition coefficient (Wildman–Crippen LogP) is 4.71. The Morgan fingerprint density at radius 2 is 1.32 bits per heavy atom. The number of hydrogen-bond donors (Lipinski definition) is 0. The molecule has 198 valence electrons. The molecule has 0 aliphatic carbocycles. The first kappa shape index (κ1) is 27.2. The van der Waals surface area contributed by atoms with Crippen molar-refractivity contribution in [1.82, 2.24) is 0 Å². The fourth-order valence-electron chi connectivity index (χ4n) is 4.04. The molecule has 0 radical (unpaired) electrons. The number of aryl methyl sites for hydroxylation is 2. The zero-order valence-electron chi connectivity index (χ0n) is 21.3. The number of benzene rings is 3. The van der Waals surface area contributed by atoms with Gasteiger partial charge in [0.15, 0.2) is 0 Å². The fourth-order valence-corrected chi connectivity index (χ4v) is 7.00. The third kappa shape index (κ3) is 4.97. The highest BCUT2D eigenvalue weighted by Crippen LogP contribution is 2.41. The second-order valence-corrected chi connectivity index (χ2v) is 12.4. The summed E-state index contributed by atoms with van der Waals surface area (Å²) in [6.45, 7) is 8.93. The Labute approximate surface area is 223 Å². The van der Waals surface area contributed by atoms with Crippen LogP contribution in [0.15, 0.2) is 107 Å². The first-order valence-electron chi connectivity index (χ1n) is 11.9. The number of hydrogen-bond acceptors (Lipinski definition) is 6. The molecule has 0 unspecified atom stereocenters. The Hall–Kier alpha value is -3.89. The van der Waals surface area contributed by atoms with E-state index in [0.29, 0.717) is 0 Å². The first-order chi connectivity index (χ1) is 18.0. The van der Waals surface area contributed by atoms with Gasteiger partial charge in [-0.1, -0.05) is 54.1 Å². The predicted molar refractivity (Wildman–Crippen MR) is 147 cm³/mol. The summed E-state index contributed by atoms with van der Waals surface area (Å²) in [5.74, 6) is -0.810. The van der Waals surface area contributed by atoms with E-state index in [1.807, 2.05) is 13.8 Å². The van der Waals surface area contributed by atoms with Crippen LogP contribution in [0.1, 0.15) is 18.1 Å². The van der Waals surface area contributed by atoms with Crippen molar-refractivity contribution in [1.29, 1.82) is 0 Å². The van der Waals surface area contributed by atoms with Crippen LogP contribution in [0.2, 0.25) is 0 Å². The van der Waals surface area contributed by atoms with E-state index in [2.05, 4.69) is 6.58 Å². The molecule has 0 spiro atoms. The third-order valence-corrected chi connectivity index (χ3v) is 9.57. The van der Waals surface area contributed by atoms with Crippen LogP contribution < -0.4 is 8.61 Å². The Morgan fingerprint density at radius 3 is 1.84 bits per heavy atom. The van der Waals surface area contributed by atoms with Crippen LogP contribution in [0.25, 0.3) is 0 Å². The van der Waals surface area contributed by atoms with Crippen LogP contribution in [-0.2, 0) is 29.6 Å². The molecule has 0 N–H and O–H groups in total. The standard InChI is InChI=1S/C28H28N2O6S2/c1-5-36-28(31)22(4)25-18-19-29(37(32,33)23-14-10-20(2)11-15-23)26-8-6-7-9-27(26)30(25)38(34,35)24-16-12-21(3)13-17-24/h6-18H,4-5,19H2,1-3H3. The number of para-hydroxylation sites is 2. The molecule has 3 aromatic rings. The van der Waals surface area contributed by atoms with E-state index in [4.69, 9.17) is 4.74 Å². The lowest BCUT2D eigenvalue weighted by Crippen LogP contribution is -2.33. The molecule has 10 heteroatoms. The van der Waals surface area contributed by atoms with Crippen LogP contribution in [0.3, 0.4) is 0 Å². The summed E-state index contributed by atoms with van der Waals surface area (Å²) < 4.78 is 63.0.